The van der Waals surface area contributed by atoms with Crippen LogP contribution in [0.5, 0.6) is 11.5 Å². The first-order chi connectivity index (χ1) is 11.5. The normalized spacial score (nSPS) is 43.9. The zero-order valence-electron chi connectivity index (χ0n) is 14.0. The van der Waals surface area contributed by atoms with E-state index in [1.807, 2.05) is 12.2 Å². The number of quaternary nitrogens is 1. The highest BCUT2D eigenvalue weighted by Gasteiger charge is 2.67. The van der Waals surface area contributed by atoms with Crippen molar-refractivity contribution in [1.29, 1.82) is 0 Å². The van der Waals surface area contributed by atoms with Gasteiger partial charge >= 0.3 is 0 Å². The number of nitrogens with zero attached hydrogens (tertiary/aromatic N) is 1. The van der Waals surface area contributed by atoms with Crippen LogP contribution in [0, 0.1) is 5.92 Å². The molecule has 1 unspecified atom stereocenters. The molecule has 2 bridgehead atoms. The number of phenolic OH excluding ortho intramolecular Hbond substituents is 1. The molecule has 0 radical (unpaired) electrons. The Hall–Kier alpha value is -1.78. The predicted molar refractivity (Wildman–Crippen MR) is 91.1 cm³/mol. The Morgan fingerprint density at radius 1 is 1.42 bits per heavy atom. The van der Waals surface area contributed by atoms with Crippen molar-refractivity contribution in [2.45, 2.75) is 36.5 Å². The molecule has 1 aromatic rings. The van der Waals surface area contributed by atoms with Gasteiger partial charge < -0.3 is 19.4 Å². The Balaban J connectivity index is 1.78. The molecule has 1 fully saturated rings. The van der Waals surface area contributed by atoms with E-state index in [0.29, 0.717) is 17.7 Å². The smallest absolute Gasteiger partial charge is 0.165 e. The molecule has 1 saturated heterocycles. The lowest BCUT2D eigenvalue weighted by Crippen LogP contribution is -2.71. The molecule has 1 spiro atoms. The molecule has 1 aromatic carbocycles. The fraction of sp³-hybridized carbons (Fsp3) is 0.500. The van der Waals surface area contributed by atoms with Gasteiger partial charge in [-0.05, 0) is 17.7 Å². The van der Waals surface area contributed by atoms with Gasteiger partial charge in [0, 0.05) is 24.3 Å². The van der Waals surface area contributed by atoms with Gasteiger partial charge in [-0.1, -0.05) is 24.8 Å². The average molecular weight is 326 g/mol. The van der Waals surface area contributed by atoms with E-state index < -0.39 is 6.10 Å². The van der Waals surface area contributed by atoms with Crippen LogP contribution in [0.4, 0.5) is 0 Å². The van der Waals surface area contributed by atoms with Crippen molar-refractivity contribution in [2.24, 2.45) is 5.92 Å². The summed E-state index contributed by atoms with van der Waals surface area (Å²) in [6.45, 7) is 5.97. The monoisotopic (exact) mass is 326 g/mol. The summed E-state index contributed by atoms with van der Waals surface area (Å²) in [6.07, 6.45) is 7.20. The van der Waals surface area contributed by atoms with E-state index in [9.17, 15) is 10.2 Å². The van der Waals surface area contributed by atoms with Crippen LogP contribution in [0.3, 0.4) is 0 Å². The summed E-state index contributed by atoms with van der Waals surface area (Å²) in [5.74, 6) is 1.15. The van der Waals surface area contributed by atoms with E-state index >= 15 is 0 Å². The van der Waals surface area contributed by atoms with E-state index in [1.165, 1.54) is 11.1 Å². The summed E-state index contributed by atoms with van der Waals surface area (Å²) in [4.78, 5) is 0. The molecular formula is C20H24NO3+. The number of phenols is 1. The number of benzene rings is 1. The summed E-state index contributed by atoms with van der Waals surface area (Å²) in [6, 6.07) is 4.25. The van der Waals surface area contributed by atoms with Gasteiger partial charge in [0.2, 0.25) is 0 Å². The predicted octanol–water partition coefficient (Wildman–Crippen LogP) is 1.90. The van der Waals surface area contributed by atoms with Crippen molar-refractivity contribution in [1.82, 2.24) is 0 Å². The molecule has 126 valence electrons. The summed E-state index contributed by atoms with van der Waals surface area (Å²) >= 11 is 0. The minimum absolute atomic E-state index is 0.195. The summed E-state index contributed by atoms with van der Waals surface area (Å²) in [5.41, 5.74) is 2.25. The molecule has 4 aliphatic rings. The summed E-state index contributed by atoms with van der Waals surface area (Å²) in [7, 11) is 2.33. The SMILES string of the molecule is C=CC[N@@+]1(C)CC[C@]23c4c5ccc(O)c4OC2[C@H](O)C=C[C@@H]3[C@H]1C5. The second kappa shape index (κ2) is 4.44. The molecule has 0 saturated carbocycles. The standard InChI is InChI=1S/C20H23NO3/c1-3-9-21(2)10-8-20-13-5-7-16(23)19(20)24-18-15(22)6-4-12(17(18)20)11-14(13)21/h3-7,13-14,16,19,23H,1,8-11H2,2H3/p+1/t13-,14-,16-,19?,20+,21+/m1/s1. The lowest BCUT2D eigenvalue weighted by atomic mass is 9.52. The molecule has 0 amide bonds. The molecule has 4 heteroatoms. The average Bonchev–Trinajstić information content (AvgIpc) is 2.91. The molecule has 5 rings (SSSR count). The Bertz CT molecular complexity index is 772. The number of hydrogen-bond acceptors (Lipinski definition) is 3. The van der Waals surface area contributed by atoms with Crippen LogP contribution in [0.25, 0.3) is 0 Å². The number of ether oxygens (including phenoxy) is 1. The Morgan fingerprint density at radius 2 is 2.25 bits per heavy atom. The van der Waals surface area contributed by atoms with Gasteiger partial charge in [0.05, 0.1) is 25.6 Å². The third-order valence-corrected chi connectivity index (χ3v) is 7.09. The number of rotatable bonds is 2. The third kappa shape index (κ3) is 1.47. The number of aromatic hydroxyl groups is 1. The minimum Gasteiger partial charge on any atom is -0.504 e. The molecule has 4 nitrogen and oxygen atoms in total. The van der Waals surface area contributed by atoms with Crippen LogP contribution in [0.1, 0.15) is 17.5 Å². The molecule has 2 aliphatic carbocycles. The number of hydrogen-bond donors (Lipinski definition) is 2. The van der Waals surface area contributed by atoms with Crippen molar-refractivity contribution >= 4 is 0 Å². The molecular weight excluding hydrogens is 302 g/mol. The zero-order chi connectivity index (χ0) is 16.7. The first-order valence-electron chi connectivity index (χ1n) is 8.85. The topological polar surface area (TPSA) is 49.7 Å². The maximum Gasteiger partial charge on any atom is 0.165 e. The second-order valence-electron chi connectivity index (χ2n) is 8.12. The summed E-state index contributed by atoms with van der Waals surface area (Å²) in [5, 5.41) is 20.9. The molecule has 2 heterocycles. The highest BCUT2D eigenvalue weighted by molar-refractivity contribution is 5.61. The van der Waals surface area contributed by atoms with Crippen LogP contribution in [-0.2, 0) is 11.8 Å². The first-order valence-corrected chi connectivity index (χ1v) is 8.85. The molecule has 24 heavy (non-hydrogen) atoms. The maximum absolute atomic E-state index is 10.6. The van der Waals surface area contributed by atoms with Gasteiger partial charge in [-0.2, -0.15) is 0 Å². The largest absolute Gasteiger partial charge is 0.504 e. The fourth-order valence-electron chi connectivity index (χ4n) is 6.02. The van der Waals surface area contributed by atoms with Gasteiger partial charge in [0.25, 0.3) is 0 Å². The Morgan fingerprint density at radius 3 is 3.04 bits per heavy atom. The Kier molecular flexibility index (Phi) is 2.69. The van der Waals surface area contributed by atoms with Gasteiger partial charge in [-0.25, -0.2) is 0 Å². The van der Waals surface area contributed by atoms with E-state index in [0.717, 1.165) is 30.4 Å². The van der Waals surface area contributed by atoms with Crippen molar-refractivity contribution in [3.8, 4) is 11.5 Å². The van der Waals surface area contributed by atoms with Crippen LogP contribution in [0.2, 0.25) is 0 Å². The molecule has 6 atom stereocenters. The number of likely N-dealkylation sites (N-methyl/N-ethyl adjacent to an activating group) is 1. The number of aliphatic hydroxyl groups excluding tert-OH is 1. The lowest BCUT2D eigenvalue weighted by Gasteiger charge is -2.59. The van der Waals surface area contributed by atoms with Crippen molar-refractivity contribution in [2.75, 3.05) is 20.1 Å². The second-order valence-corrected chi connectivity index (χ2v) is 8.12. The van der Waals surface area contributed by atoms with Crippen LogP contribution in [0.15, 0.2) is 36.9 Å². The van der Waals surface area contributed by atoms with Gasteiger partial charge in [0.1, 0.15) is 18.2 Å². The van der Waals surface area contributed by atoms with E-state index in [4.69, 9.17) is 4.74 Å². The Labute approximate surface area is 142 Å². The maximum atomic E-state index is 10.6. The van der Waals surface area contributed by atoms with Crippen molar-refractivity contribution in [3.63, 3.8) is 0 Å². The quantitative estimate of drug-likeness (QED) is 0.645. The highest BCUT2D eigenvalue weighted by atomic mass is 16.5. The fourth-order valence-corrected chi connectivity index (χ4v) is 6.02. The zero-order valence-corrected chi connectivity index (χ0v) is 14.0. The van der Waals surface area contributed by atoms with E-state index in [1.54, 1.807) is 6.07 Å². The number of piperidine rings is 1. The highest BCUT2D eigenvalue weighted by Crippen LogP contribution is 2.63. The molecule has 2 aliphatic heterocycles. The number of aliphatic hydroxyl groups is 1. The minimum atomic E-state index is -0.615. The van der Waals surface area contributed by atoms with Crippen LogP contribution < -0.4 is 4.74 Å². The van der Waals surface area contributed by atoms with Crippen molar-refractivity contribution in [3.05, 3.63) is 48.1 Å². The van der Waals surface area contributed by atoms with E-state index in [-0.39, 0.29) is 17.3 Å². The molecule has 2 N–H and O–H groups in total. The summed E-state index contributed by atoms with van der Waals surface area (Å²) < 4.78 is 7.16. The first kappa shape index (κ1) is 14.6. The van der Waals surface area contributed by atoms with Gasteiger partial charge in [-0.3, -0.25) is 0 Å². The van der Waals surface area contributed by atoms with Gasteiger partial charge in [-0.15, -0.1) is 0 Å². The number of likely N-dealkylation sites (tertiary alicyclic amines) is 1. The lowest BCUT2D eigenvalue weighted by molar-refractivity contribution is -0.938. The van der Waals surface area contributed by atoms with E-state index in [2.05, 4.69) is 25.8 Å². The van der Waals surface area contributed by atoms with Crippen LogP contribution in [-0.4, -0.2) is 53.1 Å². The molecule has 0 aromatic heterocycles. The van der Waals surface area contributed by atoms with Gasteiger partial charge in [0.15, 0.2) is 11.5 Å². The third-order valence-electron chi connectivity index (χ3n) is 7.09. The van der Waals surface area contributed by atoms with Crippen LogP contribution >= 0.6 is 0 Å². The van der Waals surface area contributed by atoms with Crippen molar-refractivity contribution < 1.29 is 19.4 Å².